The maximum Gasteiger partial charge on any atom is 0.234 e. The first-order valence-corrected chi connectivity index (χ1v) is 11.6. The van der Waals surface area contributed by atoms with Crippen molar-refractivity contribution < 1.29 is 9.47 Å². The topological polar surface area (TPSA) is 71.5 Å². The highest BCUT2D eigenvalue weighted by atomic mass is 32.1. The predicted octanol–water partition coefficient (Wildman–Crippen LogP) is 5.14. The predicted molar refractivity (Wildman–Crippen MR) is 135 cm³/mol. The van der Waals surface area contributed by atoms with Crippen molar-refractivity contribution in [2.45, 2.75) is 32.2 Å². The molecule has 0 aliphatic carbocycles. The number of anilines is 2. The second kappa shape index (κ2) is 11.5. The van der Waals surface area contributed by atoms with Crippen LogP contribution in [-0.2, 0) is 6.54 Å². The van der Waals surface area contributed by atoms with E-state index in [1.807, 2.05) is 60.7 Å². The number of rotatable bonds is 7. The molecule has 2 N–H and O–H groups in total. The van der Waals surface area contributed by atoms with Gasteiger partial charge in [0.1, 0.15) is 17.3 Å². The van der Waals surface area contributed by atoms with E-state index in [0.717, 1.165) is 48.8 Å². The van der Waals surface area contributed by atoms with Crippen molar-refractivity contribution in [2.24, 2.45) is 0 Å². The average molecular weight is 464 g/mol. The molecule has 0 saturated carbocycles. The number of thiocarbonyl (C=S) groups is 1. The second-order valence-corrected chi connectivity index (χ2v) is 8.27. The molecule has 4 rings (SSSR count). The van der Waals surface area contributed by atoms with Gasteiger partial charge in [-0.25, -0.2) is 0 Å². The molecule has 0 spiro atoms. The van der Waals surface area contributed by atoms with E-state index in [1.165, 1.54) is 12.8 Å². The third kappa shape index (κ3) is 6.79. The van der Waals surface area contributed by atoms with Gasteiger partial charge in [0.15, 0.2) is 5.11 Å². The zero-order valence-corrected chi connectivity index (χ0v) is 19.6. The van der Waals surface area contributed by atoms with Crippen LogP contribution >= 0.6 is 12.2 Å². The quantitative estimate of drug-likeness (QED) is 0.467. The van der Waals surface area contributed by atoms with Gasteiger partial charge in [-0.1, -0.05) is 43.2 Å². The molecule has 0 radical (unpaired) electrons. The second-order valence-electron chi connectivity index (χ2n) is 7.86. The van der Waals surface area contributed by atoms with Crippen molar-refractivity contribution in [2.75, 3.05) is 30.4 Å². The molecule has 1 aliphatic heterocycles. The summed E-state index contributed by atoms with van der Waals surface area (Å²) in [5.41, 5.74) is 1.09. The highest BCUT2D eigenvalue weighted by molar-refractivity contribution is 7.80. The lowest BCUT2D eigenvalue weighted by Crippen LogP contribution is -2.30. The van der Waals surface area contributed by atoms with E-state index >= 15 is 0 Å². The summed E-state index contributed by atoms with van der Waals surface area (Å²) in [6, 6.07) is 19.4. The number of hydrogen-bond donors (Lipinski definition) is 2. The number of nitrogens with one attached hydrogen (secondary N) is 2. The number of nitrogens with zero attached hydrogens (tertiary/aromatic N) is 3. The molecule has 0 amide bonds. The fraction of sp³-hybridized carbons (Fsp3) is 0.320. The van der Waals surface area contributed by atoms with E-state index in [2.05, 4.69) is 20.5 Å². The summed E-state index contributed by atoms with van der Waals surface area (Å²) in [7, 11) is 1.65. The van der Waals surface area contributed by atoms with Gasteiger partial charge in [-0.3, -0.25) is 0 Å². The van der Waals surface area contributed by atoms with Gasteiger partial charge < -0.3 is 25.0 Å². The largest absolute Gasteiger partial charge is 0.497 e. The molecule has 7 nitrogen and oxygen atoms in total. The third-order valence-corrected chi connectivity index (χ3v) is 5.67. The third-order valence-electron chi connectivity index (χ3n) is 5.42. The van der Waals surface area contributed by atoms with Crippen molar-refractivity contribution in [1.82, 2.24) is 15.3 Å². The van der Waals surface area contributed by atoms with E-state index in [0.29, 0.717) is 23.5 Å². The molecule has 1 aliphatic rings. The van der Waals surface area contributed by atoms with Crippen molar-refractivity contribution in [1.29, 1.82) is 0 Å². The Bertz CT molecular complexity index is 1040. The zero-order valence-electron chi connectivity index (χ0n) is 18.8. The molecule has 1 fully saturated rings. The Morgan fingerprint density at radius 2 is 1.67 bits per heavy atom. The molecule has 0 bridgehead atoms. The van der Waals surface area contributed by atoms with Gasteiger partial charge in [-0.2, -0.15) is 9.97 Å². The minimum atomic E-state index is 0.412. The minimum absolute atomic E-state index is 0.412. The zero-order chi connectivity index (χ0) is 22.9. The SMILES string of the molecule is COc1ccc(CNC(=S)Nc2nc(Oc3ccccc3)cc(N3CCCCCC3)n2)cc1. The molecule has 1 aromatic heterocycles. The molecule has 2 heterocycles. The molecule has 1 saturated heterocycles. The summed E-state index contributed by atoms with van der Waals surface area (Å²) in [5.74, 6) is 3.29. The minimum Gasteiger partial charge on any atom is -0.497 e. The average Bonchev–Trinajstić information content (AvgIpc) is 3.13. The number of hydrogen-bond acceptors (Lipinski definition) is 6. The van der Waals surface area contributed by atoms with Crippen LogP contribution in [0.15, 0.2) is 60.7 Å². The van der Waals surface area contributed by atoms with Gasteiger partial charge in [0.2, 0.25) is 11.8 Å². The Labute approximate surface area is 200 Å². The first-order chi connectivity index (χ1) is 16.2. The van der Waals surface area contributed by atoms with Crippen LogP contribution < -0.4 is 25.0 Å². The van der Waals surface area contributed by atoms with Crippen LogP contribution in [-0.4, -0.2) is 35.3 Å². The lowest BCUT2D eigenvalue weighted by Gasteiger charge is -2.22. The maximum absolute atomic E-state index is 6.02. The van der Waals surface area contributed by atoms with Crippen molar-refractivity contribution in [3.8, 4) is 17.4 Å². The molecule has 0 unspecified atom stereocenters. The van der Waals surface area contributed by atoms with Gasteiger partial charge in [0.05, 0.1) is 7.11 Å². The number of aromatic nitrogens is 2. The summed E-state index contributed by atoms with van der Waals surface area (Å²) >= 11 is 5.50. The van der Waals surface area contributed by atoms with Crippen LogP contribution in [0.5, 0.6) is 17.4 Å². The Morgan fingerprint density at radius 1 is 0.939 bits per heavy atom. The highest BCUT2D eigenvalue weighted by Crippen LogP contribution is 2.26. The number of para-hydroxylation sites is 1. The Balaban J connectivity index is 1.47. The lowest BCUT2D eigenvalue weighted by molar-refractivity contribution is 0.414. The number of benzene rings is 2. The highest BCUT2D eigenvalue weighted by Gasteiger charge is 2.15. The first-order valence-electron chi connectivity index (χ1n) is 11.2. The normalized spacial score (nSPS) is 13.7. The van der Waals surface area contributed by atoms with Crippen molar-refractivity contribution >= 4 is 29.1 Å². The van der Waals surface area contributed by atoms with Gasteiger partial charge in [-0.05, 0) is 54.9 Å². The van der Waals surface area contributed by atoms with Crippen LogP contribution in [0.2, 0.25) is 0 Å². The summed E-state index contributed by atoms with van der Waals surface area (Å²) < 4.78 is 11.2. The number of methoxy groups -OCH3 is 1. The van der Waals surface area contributed by atoms with Gasteiger partial charge >= 0.3 is 0 Å². The van der Waals surface area contributed by atoms with Gasteiger partial charge in [-0.15, -0.1) is 0 Å². The Hall–Kier alpha value is -3.39. The maximum atomic E-state index is 6.02. The summed E-state index contributed by atoms with van der Waals surface area (Å²) in [6.07, 6.45) is 4.81. The fourth-order valence-electron chi connectivity index (χ4n) is 3.66. The number of ether oxygens (including phenoxy) is 2. The van der Waals surface area contributed by atoms with E-state index < -0.39 is 0 Å². The standard InChI is InChI=1S/C25H29N5O2S/c1-31-20-13-11-19(12-14-20)18-26-25(33)29-24-27-22(30-15-7-2-3-8-16-30)17-23(28-24)32-21-9-5-4-6-10-21/h4-6,9-14,17H,2-3,7-8,15-16,18H2,1H3,(H2,26,27,28,29,33). The summed E-state index contributed by atoms with van der Waals surface area (Å²) in [4.78, 5) is 11.6. The van der Waals surface area contributed by atoms with Gasteiger partial charge in [0.25, 0.3) is 0 Å². The van der Waals surface area contributed by atoms with Crippen LogP contribution in [0, 0.1) is 0 Å². The molecular formula is C25H29N5O2S. The van der Waals surface area contributed by atoms with Crippen LogP contribution in [0.1, 0.15) is 31.2 Å². The molecule has 2 aromatic carbocycles. The van der Waals surface area contributed by atoms with Crippen LogP contribution in [0.4, 0.5) is 11.8 Å². The smallest absolute Gasteiger partial charge is 0.234 e. The molecule has 8 heteroatoms. The summed E-state index contributed by atoms with van der Waals surface area (Å²) in [6.45, 7) is 2.53. The molecule has 0 atom stereocenters. The van der Waals surface area contributed by atoms with Crippen molar-refractivity contribution in [3.05, 3.63) is 66.2 Å². The molecule has 3 aromatic rings. The van der Waals surface area contributed by atoms with Crippen molar-refractivity contribution in [3.63, 3.8) is 0 Å². The Morgan fingerprint density at radius 3 is 2.36 bits per heavy atom. The van der Waals surface area contributed by atoms with E-state index in [1.54, 1.807) is 7.11 Å². The van der Waals surface area contributed by atoms with Crippen LogP contribution in [0.25, 0.3) is 0 Å². The molecular weight excluding hydrogens is 434 g/mol. The molecule has 33 heavy (non-hydrogen) atoms. The van der Waals surface area contributed by atoms with Crippen LogP contribution in [0.3, 0.4) is 0 Å². The first kappa shape index (κ1) is 22.8. The Kier molecular flexibility index (Phi) is 7.92. The van der Waals surface area contributed by atoms with Gasteiger partial charge in [0, 0.05) is 25.7 Å². The molecule has 172 valence electrons. The van der Waals surface area contributed by atoms with E-state index in [9.17, 15) is 0 Å². The monoisotopic (exact) mass is 463 g/mol. The fourth-order valence-corrected chi connectivity index (χ4v) is 3.83. The summed E-state index contributed by atoms with van der Waals surface area (Å²) in [5, 5.41) is 6.78. The van der Waals surface area contributed by atoms with E-state index in [4.69, 9.17) is 26.7 Å². The van der Waals surface area contributed by atoms with E-state index in [-0.39, 0.29) is 0 Å². The lowest BCUT2D eigenvalue weighted by atomic mass is 10.2.